The average Bonchev–Trinajstić information content (AvgIpc) is 2.97. The minimum absolute atomic E-state index is 0.583. The highest BCUT2D eigenvalue weighted by molar-refractivity contribution is 5.09. The third-order valence-corrected chi connectivity index (χ3v) is 4.98. The summed E-state index contributed by atoms with van der Waals surface area (Å²) in [5.41, 5.74) is 1.37. The fourth-order valence-corrected chi connectivity index (χ4v) is 3.32. The molecule has 1 aromatic heterocycles. The second-order valence-corrected chi connectivity index (χ2v) is 7.72. The SMILES string of the molecule is CC(C)CCCCCN1CCC(n2cc(C(C)C)cn2)CC1. The van der Waals surface area contributed by atoms with E-state index in [-0.39, 0.29) is 0 Å². The first-order chi connectivity index (χ1) is 10.6. The van der Waals surface area contributed by atoms with Crippen molar-refractivity contribution in [3.63, 3.8) is 0 Å². The van der Waals surface area contributed by atoms with Crippen LogP contribution in [0.5, 0.6) is 0 Å². The smallest absolute Gasteiger partial charge is 0.0543 e. The monoisotopic (exact) mass is 305 g/mol. The topological polar surface area (TPSA) is 21.1 Å². The first-order valence-electron chi connectivity index (χ1n) is 9.32. The normalized spacial score (nSPS) is 17.7. The lowest BCUT2D eigenvalue weighted by atomic mass is 10.0. The molecule has 3 heteroatoms. The lowest BCUT2D eigenvalue weighted by molar-refractivity contribution is 0.177. The Balaban J connectivity index is 1.65. The van der Waals surface area contributed by atoms with Crippen molar-refractivity contribution in [1.82, 2.24) is 14.7 Å². The molecule has 1 saturated heterocycles. The summed E-state index contributed by atoms with van der Waals surface area (Å²) in [6.07, 6.45) is 12.4. The van der Waals surface area contributed by atoms with E-state index in [9.17, 15) is 0 Å². The number of nitrogens with zero attached hydrogens (tertiary/aromatic N) is 3. The van der Waals surface area contributed by atoms with Crippen LogP contribution in [0, 0.1) is 5.92 Å². The Morgan fingerprint density at radius 1 is 1.09 bits per heavy atom. The Labute approximate surface area is 137 Å². The molecule has 2 rings (SSSR count). The van der Waals surface area contributed by atoms with Gasteiger partial charge in [-0.25, -0.2) is 0 Å². The van der Waals surface area contributed by atoms with E-state index in [0.29, 0.717) is 12.0 Å². The van der Waals surface area contributed by atoms with Crippen LogP contribution < -0.4 is 0 Å². The molecule has 1 aromatic rings. The molecule has 0 amide bonds. The molecular weight excluding hydrogens is 270 g/mol. The Morgan fingerprint density at radius 3 is 2.41 bits per heavy atom. The lowest BCUT2D eigenvalue weighted by Crippen LogP contribution is -2.35. The van der Waals surface area contributed by atoms with E-state index < -0.39 is 0 Å². The first kappa shape index (κ1) is 17.5. The molecule has 0 aromatic carbocycles. The minimum Gasteiger partial charge on any atom is -0.303 e. The van der Waals surface area contributed by atoms with Gasteiger partial charge in [0, 0.05) is 19.3 Å². The average molecular weight is 306 g/mol. The standard InChI is InChI=1S/C19H35N3/c1-16(2)8-6-5-7-11-21-12-9-19(10-13-21)22-15-18(14-20-22)17(3)4/h14-17,19H,5-13H2,1-4H3. The molecule has 1 fully saturated rings. The van der Waals surface area contributed by atoms with Crippen LogP contribution in [0.25, 0.3) is 0 Å². The van der Waals surface area contributed by atoms with Gasteiger partial charge in [0.2, 0.25) is 0 Å². The van der Waals surface area contributed by atoms with Crippen LogP contribution in [0.15, 0.2) is 12.4 Å². The van der Waals surface area contributed by atoms with E-state index >= 15 is 0 Å². The van der Waals surface area contributed by atoms with E-state index in [2.05, 4.69) is 48.6 Å². The Hall–Kier alpha value is -0.830. The van der Waals surface area contributed by atoms with Gasteiger partial charge in [0.1, 0.15) is 0 Å². The zero-order valence-electron chi connectivity index (χ0n) is 15.1. The van der Waals surface area contributed by atoms with Crippen LogP contribution in [0.2, 0.25) is 0 Å². The third-order valence-electron chi connectivity index (χ3n) is 4.98. The van der Waals surface area contributed by atoms with Gasteiger partial charge in [-0.2, -0.15) is 5.10 Å². The highest BCUT2D eigenvalue weighted by Crippen LogP contribution is 2.24. The first-order valence-corrected chi connectivity index (χ1v) is 9.32. The van der Waals surface area contributed by atoms with Crippen molar-refractivity contribution < 1.29 is 0 Å². The highest BCUT2D eigenvalue weighted by atomic mass is 15.3. The van der Waals surface area contributed by atoms with Crippen molar-refractivity contribution in [2.45, 2.75) is 78.2 Å². The molecule has 1 aliphatic heterocycles. The Kier molecular flexibility index (Phi) is 6.94. The molecule has 0 atom stereocenters. The van der Waals surface area contributed by atoms with Gasteiger partial charge in [0.25, 0.3) is 0 Å². The van der Waals surface area contributed by atoms with E-state index in [1.807, 2.05) is 6.20 Å². The largest absolute Gasteiger partial charge is 0.303 e. The number of hydrogen-bond donors (Lipinski definition) is 0. The van der Waals surface area contributed by atoms with Crippen molar-refractivity contribution >= 4 is 0 Å². The fraction of sp³-hybridized carbons (Fsp3) is 0.842. The summed E-state index contributed by atoms with van der Waals surface area (Å²) in [6, 6.07) is 0.615. The molecule has 0 unspecified atom stereocenters. The van der Waals surface area contributed by atoms with Crippen LogP contribution in [-0.4, -0.2) is 34.3 Å². The lowest BCUT2D eigenvalue weighted by Gasteiger charge is -2.32. The van der Waals surface area contributed by atoms with Crippen LogP contribution in [-0.2, 0) is 0 Å². The van der Waals surface area contributed by atoms with Crippen LogP contribution >= 0.6 is 0 Å². The van der Waals surface area contributed by atoms with E-state index in [1.165, 1.54) is 63.7 Å². The van der Waals surface area contributed by atoms with Crippen molar-refractivity contribution in [3.05, 3.63) is 18.0 Å². The van der Waals surface area contributed by atoms with Gasteiger partial charge in [-0.3, -0.25) is 4.68 Å². The highest BCUT2D eigenvalue weighted by Gasteiger charge is 2.21. The third kappa shape index (κ3) is 5.42. The number of hydrogen-bond acceptors (Lipinski definition) is 2. The van der Waals surface area contributed by atoms with Crippen molar-refractivity contribution in [2.24, 2.45) is 5.92 Å². The van der Waals surface area contributed by atoms with E-state index in [0.717, 1.165) is 5.92 Å². The maximum absolute atomic E-state index is 4.59. The molecule has 0 saturated carbocycles. The van der Waals surface area contributed by atoms with Gasteiger partial charge in [-0.05, 0) is 43.2 Å². The molecule has 22 heavy (non-hydrogen) atoms. The number of unbranched alkanes of at least 4 members (excludes halogenated alkanes) is 2. The van der Waals surface area contributed by atoms with Gasteiger partial charge in [-0.15, -0.1) is 0 Å². The summed E-state index contributed by atoms with van der Waals surface area (Å²) in [5, 5.41) is 4.59. The quantitative estimate of drug-likeness (QED) is 0.640. The molecule has 1 aliphatic rings. The molecule has 0 spiro atoms. The summed E-state index contributed by atoms with van der Waals surface area (Å²) in [7, 11) is 0. The zero-order valence-corrected chi connectivity index (χ0v) is 15.1. The molecular formula is C19H35N3. The Bertz CT molecular complexity index is 414. The maximum atomic E-state index is 4.59. The van der Waals surface area contributed by atoms with E-state index in [1.54, 1.807) is 0 Å². The van der Waals surface area contributed by atoms with Gasteiger partial charge in [-0.1, -0.05) is 47.0 Å². The molecule has 3 nitrogen and oxygen atoms in total. The number of likely N-dealkylation sites (tertiary alicyclic amines) is 1. The van der Waals surface area contributed by atoms with E-state index in [4.69, 9.17) is 0 Å². The molecule has 0 N–H and O–H groups in total. The summed E-state index contributed by atoms with van der Waals surface area (Å²) < 4.78 is 2.22. The number of rotatable bonds is 8. The van der Waals surface area contributed by atoms with Crippen molar-refractivity contribution in [3.8, 4) is 0 Å². The summed E-state index contributed by atoms with van der Waals surface area (Å²) >= 11 is 0. The molecule has 0 aliphatic carbocycles. The molecule has 0 radical (unpaired) electrons. The maximum Gasteiger partial charge on any atom is 0.0543 e. The second kappa shape index (κ2) is 8.71. The predicted octanol–water partition coefficient (Wildman–Crippen LogP) is 4.86. The van der Waals surface area contributed by atoms with Gasteiger partial charge in [0.05, 0.1) is 12.2 Å². The fourth-order valence-electron chi connectivity index (χ4n) is 3.32. The summed E-state index contributed by atoms with van der Waals surface area (Å²) in [6.45, 7) is 12.9. The molecule has 0 bridgehead atoms. The van der Waals surface area contributed by atoms with Crippen LogP contribution in [0.3, 0.4) is 0 Å². The predicted molar refractivity (Wildman–Crippen MR) is 94.3 cm³/mol. The molecule has 2 heterocycles. The van der Waals surface area contributed by atoms with Gasteiger partial charge in [0.15, 0.2) is 0 Å². The van der Waals surface area contributed by atoms with Crippen molar-refractivity contribution in [1.29, 1.82) is 0 Å². The zero-order chi connectivity index (χ0) is 15.9. The van der Waals surface area contributed by atoms with Gasteiger partial charge < -0.3 is 4.90 Å². The van der Waals surface area contributed by atoms with Crippen LogP contribution in [0.1, 0.15) is 83.7 Å². The summed E-state index contributed by atoms with van der Waals surface area (Å²) in [5.74, 6) is 1.44. The molecule has 126 valence electrons. The van der Waals surface area contributed by atoms with Gasteiger partial charge >= 0.3 is 0 Å². The number of aromatic nitrogens is 2. The van der Waals surface area contributed by atoms with Crippen molar-refractivity contribution in [2.75, 3.05) is 19.6 Å². The minimum atomic E-state index is 0.583. The van der Waals surface area contributed by atoms with Crippen LogP contribution in [0.4, 0.5) is 0 Å². The Morgan fingerprint density at radius 2 is 1.82 bits per heavy atom. The second-order valence-electron chi connectivity index (χ2n) is 7.72. The number of piperidine rings is 1. The summed E-state index contributed by atoms with van der Waals surface area (Å²) in [4.78, 5) is 2.65.